The zero-order valence-corrected chi connectivity index (χ0v) is 17.4. The van der Waals surface area contributed by atoms with Crippen LogP contribution >= 0.6 is 0 Å². The van der Waals surface area contributed by atoms with Crippen LogP contribution in [-0.4, -0.2) is 27.2 Å². The van der Waals surface area contributed by atoms with E-state index in [-0.39, 0.29) is 5.56 Å². The van der Waals surface area contributed by atoms with Crippen molar-refractivity contribution in [2.75, 3.05) is 11.6 Å². The lowest BCUT2D eigenvalue weighted by atomic mass is 9.94. The molecule has 0 radical (unpaired) electrons. The van der Waals surface area contributed by atoms with Crippen LogP contribution in [0.25, 0.3) is 0 Å². The second-order valence-electron chi connectivity index (χ2n) is 8.20. The molecule has 1 aromatic heterocycles. The van der Waals surface area contributed by atoms with Gasteiger partial charge in [0.25, 0.3) is 5.56 Å². The van der Waals surface area contributed by atoms with Gasteiger partial charge in [-0.1, -0.05) is 32.3 Å². The minimum atomic E-state index is -4.43. The second kappa shape index (κ2) is 8.06. The van der Waals surface area contributed by atoms with Gasteiger partial charge in [-0.2, -0.15) is 13.2 Å². The molecule has 4 rings (SSSR count). The van der Waals surface area contributed by atoms with Gasteiger partial charge in [0.15, 0.2) is 0 Å². The number of alkyl halides is 3. The average molecular weight is 420 g/mol. The van der Waals surface area contributed by atoms with Crippen molar-refractivity contribution in [3.63, 3.8) is 0 Å². The predicted octanol–water partition coefficient (Wildman–Crippen LogP) is 4.83. The molecule has 2 aromatic rings. The number of aryl methyl sites for hydroxylation is 1. The molecule has 5 nitrogen and oxygen atoms in total. The monoisotopic (exact) mass is 420 g/mol. The Kier molecular flexibility index (Phi) is 5.61. The molecule has 1 aliphatic heterocycles. The molecule has 0 spiro atoms. The van der Waals surface area contributed by atoms with Gasteiger partial charge in [0, 0.05) is 23.0 Å². The first-order chi connectivity index (χ1) is 14.3. The first-order valence-electron chi connectivity index (χ1n) is 10.6. The van der Waals surface area contributed by atoms with Gasteiger partial charge in [-0.25, -0.2) is 4.98 Å². The quantitative estimate of drug-likeness (QED) is 0.713. The Morgan fingerprint density at radius 1 is 1.13 bits per heavy atom. The van der Waals surface area contributed by atoms with Gasteiger partial charge in [0.05, 0.1) is 18.9 Å². The summed E-state index contributed by atoms with van der Waals surface area (Å²) in [5.41, 5.74) is 0.891. The second-order valence-corrected chi connectivity index (χ2v) is 8.20. The van der Waals surface area contributed by atoms with E-state index in [9.17, 15) is 18.0 Å². The first-order valence-corrected chi connectivity index (χ1v) is 10.6. The maximum atomic E-state index is 13.3. The Labute approximate surface area is 174 Å². The van der Waals surface area contributed by atoms with Crippen LogP contribution in [0.5, 0.6) is 0 Å². The van der Waals surface area contributed by atoms with Crippen molar-refractivity contribution in [3.8, 4) is 0 Å². The Balaban J connectivity index is 1.82. The third-order valence-electron chi connectivity index (χ3n) is 6.27. The van der Waals surface area contributed by atoms with Gasteiger partial charge in [0.1, 0.15) is 0 Å². The topological polar surface area (TPSA) is 41.4 Å². The van der Waals surface area contributed by atoms with E-state index in [2.05, 4.69) is 9.88 Å². The molecule has 1 fully saturated rings. The molecule has 8 heteroatoms. The largest absolute Gasteiger partial charge is 0.416 e. The van der Waals surface area contributed by atoms with Crippen molar-refractivity contribution in [2.24, 2.45) is 0 Å². The Morgan fingerprint density at radius 2 is 1.87 bits per heavy atom. The zero-order valence-electron chi connectivity index (χ0n) is 17.4. The van der Waals surface area contributed by atoms with Gasteiger partial charge >= 0.3 is 6.18 Å². The Morgan fingerprint density at radius 3 is 2.53 bits per heavy atom. The van der Waals surface area contributed by atoms with E-state index in [1.807, 2.05) is 6.92 Å². The number of fused-ring (bicyclic) bond motifs is 1. The molecule has 162 valence electrons. The normalized spacial score (nSPS) is 18.5. The summed E-state index contributed by atoms with van der Waals surface area (Å²) in [5.74, 6) is 0.418. The summed E-state index contributed by atoms with van der Waals surface area (Å²) in [6.45, 7) is 4.56. The van der Waals surface area contributed by atoms with Crippen LogP contribution in [0.15, 0.2) is 29.1 Å². The standard InChI is InChI=1S/C22H27F3N4O/c1-3-19-15(2)26-21-28(18-11-7-8-16(12-18)22(23,24)25)13-27(14-29(21)20(19)30)17-9-5-4-6-10-17/h7-8,11-12,17H,3-6,9-10,13-14H2,1-2H3. The molecule has 30 heavy (non-hydrogen) atoms. The fraction of sp³-hybridized carbons (Fsp3) is 0.545. The van der Waals surface area contributed by atoms with Crippen molar-refractivity contribution in [2.45, 2.75) is 71.3 Å². The summed E-state index contributed by atoms with van der Waals surface area (Å²) in [4.78, 5) is 21.8. The third kappa shape index (κ3) is 3.85. The number of benzene rings is 1. The minimum absolute atomic E-state index is 0.0996. The molecule has 2 aliphatic rings. The summed E-state index contributed by atoms with van der Waals surface area (Å²) in [6, 6.07) is 5.59. The van der Waals surface area contributed by atoms with E-state index in [1.165, 1.54) is 12.5 Å². The zero-order chi connectivity index (χ0) is 21.5. The SMILES string of the molecule is CCc1c(C)nc2n(c1=O)CN(C1CCCCC1)CN2c1cccc(C(F)(F)F)c1. The molecule has 0 N–H and O–H groups in total. The van der Waals surface area contributed by atoms with Crippen LogP contribution in [0.1, 0.15) is 55.8 Å². The van der Waals surface area contributed by atoms with Gasteiger partial charge in [-0.3, -0.25) is 19.2 Å². The Bertz CT molecular complexity index is 979. The minimum Gasteiger partial charge on any atom is -0.298 e. The summed E-state index contributed by atoms with van der Waals surface area (Å²) in [6.07, 6.45) is 1.71. The van der Waals surface area contributed by atoms with Crippen LogP contribution in [0.3, 0.4) is 0 Å². The fourth-order valence-corrected chi connectivity index (χ4v) is 4.62. The van der Waals surface area contributed by atoms with Crippen molar-refractivity contribution in [1.82, 2.24) is 14.5 Å². The lowest BCUT2D eigenvalue weighted by molar-refractivity contribution is -0.137. The number of hydrogen-bond donors (Lipinski definition) is 0. The predicted molar refractivity (Wildman–Crippen MR) is 110 cm³/mol. The molecular weight excluding hydrogens is 393 g/mol. The summed E-state index contributed by atoms with van der Waals surface area (Å²) in [7, 11) is 0. The molecule has 0 bridgehead atoms. The van der Waals surface area contributed by atoms with Crippen molar-refractivity contribution < 1.29 is 13.2 Å². The van der Waals surface area contributed by atoms with E-state index in [0.717, 1.165) is 37.8 Å². The van der Waals surface area contributed by atoms with Crippen molar-refractivity contribution in [1.29, 1.82) is 0 Å². The van der Waals surface area contributed by atoms with E-state index < -0.39 is 11.7 Å². The number of nitrogens with zero attached hydrogens (tertiary/aromatic N) is 4. The summed E-state index contributed by atoms with van der Waals surface area (Å²) >= 11 is 0. The van der Waals surface area contributed by atoms with Gasteiger partial charge in [-0.15, -0.1) is 0 Å². The maximum absolute atomic E-state index is 13.3. The van der Waals surface area contributed by atoms with Gasteiger partial charge in [0.2, 0.25) is 5.95 Å². The van der Waals surface area contributed by atoms with Crippen LogP contribution < -0.4 is 10.5 Å². The summed E-state index contributed by atoms with van der Waals surface area (Å²) < 4.78 is 41.6. The average Bonchev–Trinajstić information content (AvgIpc) is 2.74. The number of halogens is 3. The van der Waals surface area contributed by atoms with E-state index in [0.29, 0.717) is 48.7 Å². The van der Waals surface area contributed by atoms with E-state index >= 15 is 0 Å². The molecule has 0 unspecified atom stereocenters. The molecule has 1 aliphatic carbocycles. The van der Waals surface area contributed by atoms with Crippen LogP contribution in [-0.2, 0) is 19.3 Å². The first kappa shape index (κ1) is 20.9. The molecule has 1 saturated carbocycles. The molecular formula is C22H27F3N4O. The fourth-order valence-electron chi connectivity index (χ4n) is 4.62. The highest BCUT2D eigenvalue weighted by atomic mass is 19.4. The number of hydrogen-bond acceptors (Lipinski definition) is 4. The van der Waals surface area contributed by atoms with Crippen LogP contribution in [0, 0.1) is 6.92 Å². The maximum Gasteiger partial charge on any atom is 0.416 e. The molecule has 0 atom stereocenters. The van der Waals surface area contributed by atoms with Crippen LogP contribution in [0.4, 0.5) is 24.8 Å². The highest BCUT2D eigenvalue weighted by Crippen LogP contribution is 2.35. The molecule has 1 aromatic carbocycles. The van der Waals surface area contributed by atoms with Crippen molar-refractivity contribution in [3.05, 3.63) is 51.4 Å². The smallest absolute Gasteiger partial charge is 0.298 e. The number of aromatic nitrogens is 2. The van der Waals surface area contributed by atoms with Crippen molar-refractivity contribution >= 4 is 11.6 Å². The molecule has 2 heterocycles. The third-order valence-corrected chi connectivity index (χ3v) is 6.27. The number of rotatable bonds is 3. The lowest BCUT2D eigenvalue weighted by Crippen LogP contribution is -2.52. The van der Waals surface area contributed by atoms with E-state index in [1.54, 1.807) is 22.5 Å². The highest BCUT2D eigenvalue weighted by molar-refractivity contribution is 5.59. The lowest BCUT2D eigenvalue weighted by Gasteiger charge is -2.43. The highest BCUT2D eigenvalue weighted by Gasteiger charge is 2.34. The molecule has 0 saturated heterocycles. The molecule has 0 amide bonds. The Hall–Kier alpha value is -2.35. The van der Waals surface area contributed by atoms with Crippen LogP contribution in [0.2, 0.25) is 0 Å². The number of anilines is 2. The summed E-state index contributed by atoms with van der Waals surface area (Å²) in [5, 5.41) is 0. The van der Waals surface area contributed by atoms with Gasteiger partial charge in [-0.05, 0) is 44.4 Å². The van der Waals surface area contributed by atoms with E-state index in [4.69, 9.17) is 0 Å². The van der Waals surface area contributed by atoms with Gasteiger partial charge < -0.3 is 0 Å².